The minimum absolute atomic E-state index is 0.188. The Morgan fingerprint density at radius 1 is 0.742 bits per heavy atom. The van der Waals surface area contributed by atoms with Crippen LogP contribution in [0.25, 0.3) is 0 Å². The van der Waals surface area contributed by atoms with Crippen molar-refractivity contribution in [2.75, 3.05) is 13.1 Å². The molecular weight excluding hydrogens is 386 g/mol. The zero-order valence-corrected chi connectivity index (χ0v) is 19.9. The fourth-order valence-electron chi connectivity index (χ4n) is 10.6. The highest BCUT2D eigenvalue weighted by Gasteiger charge is 2.64. The first kappa shape index (κ1) is 21.4. The van der Waals surface area contributed by atoms with Crippen molar-refractivity contribution in [1.82, 2.24) is 4.90 Å². The van der Waals surface area contributed by atoms with Crippen LogP contribution in [0, 0.1) is 52.8 Å². The van der Waals surface area contributed by atoms with Gasteiger partial charge in [0.15, 0.2) is 0 Å². The molecule has 4 nitrogen and oxygen atoms in total. The topological polar surface area (TPSA) is 63.9 Å². The molecule has 4 saturated carbocycles. The molecule has 6 rings (SSSR count). The highest BCUT2D eigenvalue weighted by Crippen LogP contribution is 2.67. The van der Waals surface area contributed by atoms with Crippen molar-refractivity contribution in [1.29, 1.82) is 0 Å². The van der Waals surface area contributed by atoms with Gasteiger partial charge >= 0.3 is 0 Å². The van der Waals surface area contributed by atoms with Gasteiger partial charge in [-0.25, -0.2) is 0 Å². The van der Waals surface area contributed by atoms with Gasteiger partial charge in [-0.05, 0) is 117 Å². The Morgan fingerprint density at radius 3 is 2.35 bits per heavy atom. The second kappa shape index (κ2) is 7.17. The summed E-state index contributed by atoms with van der Waals surface area (Å²) in [5, 5.41) is 33.3. The van der Waals surface area contributed by atoms with E-state index in [2.05, 4.69) is 25.7 Å². The van der Waals surface area contributed by atoms with E-state index >= 15 is 0 Å². The maximum Gasteiger partial charge on any atom is 0.0805 e. The first-order valence-electron chi connectivity index (χ1n) is 13.5. The number of rotatable bonds is 0. The van der Waals surface area contributed by atoms with Crippen molar-refractivity contribution >= 4 is 0 Å². The molecule has 2 aliphatic heterocycles. The molecule has 0 bridgehead atoms. The average Bonchev–Trinajstić information content (AvgIpc) is 3.09. The number of hydrogen-bond donors (Lipinski definition) is 3. The van der Waals surface area contributed by atoms with Gasteiger partial charge in [-0.2, -0.15) is 0 Å². The number of hydrogen-bond acceptors (Lipinski definition) is 4. The zero-order valence-electron chi connectivity index (χ0n) is 19.9. The van der Waals surface area contributed by atoms with Gasteiger partial charge in [-0.1, -0.05) is 13.8 Å². The molecule has 31 heavy (non-hydrogen) atoms. The second-order valence-corrected chi connectivity index (χ2v) is 13.4. The summed E-state index contributed by atoms with van der Waals surface area (Å²) in [6.07, 6.45) is 9.43. The third-order valence-electron chi connectivity index (χ3n) is 12.0. The molecule has 4 heteroatoms. The molecule has 2 heterocycles. The lowest BCUT2D eigenvalue weighted by Crippen LogP contribution is -2.67. The van der Waals surface area contributed by atoms with Crippen LogP contribution < -0.4 is 0 Å². The Kier molecular flexibility index (Phi) is 4.94. The van der Waals surface area contributed by atoms with Gasteiger partial charge in [0.1, 0.15) is 0 Å². The van der Waals surface area contributed by atoms with Crippen LogP contribution in [0.3, 0.4) is 0 Å². The number of aliphatic hydroxyl groups is 3. The molecule has 3 N–H and O–H groups in total. The summed E-state index contributed by atoms with van der Waals surface area (Å²) in [6, 6.07) is 0.355. The predicted molar refractivity (Wildman–Crippen MR) is 121 cm³/mol. The molecule has 4 aliphatic carbocycles. The van der Waals surface area contributed by atoms with Crippen LogP contribution in [0.2, 0.25) is 0 Å². The molecule has 0 aromatic heterocycles. The standard InChI is InChI=1S/C27H45NO3/c1-15-4-7-25-27(3,31)21-6-5-17-18(20(21)14-28(25)13-15)11-22-19(17)12-24(30)23-10-16(29)8-9-26(22,23)2/h15-25,29-31H,4-14H2,1-3H3/t15-,16+,17+,18+,19-,20-,21-,22-,23+,24+,25-,26+,27-/m0/s1. The maximum absolute atomic E-state index is 11.8. The number of piperidine rings is 2. The summed E-state index contributed by atoms with van der Waals surface area (Å²) in [5.41, 5.74) is -0.365. The lowest BCUT2D eigenvalue weighted by atomic mass is 9.51. The Morgan fingerprint density at radius 2 is 1.55 bits per heavy atom. The fourth-order valence-corrected chi connectivity index (χ4v) is 10.6. The highest BCUT2D eigenvalue weighted by atomic mass is 16.3. The Labute approximate surface area is 188 Å². The first-order valence-corrected chi connectivity index (χ1v) is 13.5. The molecule has 6 fully saturated rings. The third-order valence-corrected chi connectivity index (χ3v) is 12.0. The Balaban J connectivity index is 1.30. The smallest absolute Gasteiger partial charge is 0.0805 e. The minimum atomic E-state index is -0.553. The summed E-state index contributed by atoms with van der Waals surface area (Å²) in [7, 11) is 0. The lowest BCUT2D eigenvalue weighted by Gasteiger charge is -2.60. The minimum Gasteiger partial charge on any atom is -0.393 e. The monoisotopic (exact) mass is 431 g/mol. The summed E-state index contributed by atoms with van der Waals surface area (Å²) in [6.45, 7) is 9.36. The van der Waals surface area contributed by atoms with E-state index in [1.807, 2.05) is 0 Å². The van der Waals surface area contributed by atoms with Gasteiger partial charge in [-0.15, -0.1) is 0 Å². The van der Waals surface area contributed by atoms with Crippen LogP contribution in [0.15, 0.2) is 0 Å². The van der Waals surface area contributed by atoms with Crippen LogP contribution >= 0.6 is 0 Å². The molecule has 0 unspecified atom stereocenters. The van der Waals surface area contributed by atoms with Gasteiger partial charge in [0.25, 0.3) is 0 Å². The van der Waals surface area contributed by atoms with E-state index in [4.69, 9.17) is 0 Å². The zero-order chi connectivity index (χ0) is 21.7. The first-order chi connectivity index (χ1) is 14.7. The van der Waals surface area contributed by atoms with Crippen molar-refractivity contribution in [3.05, 3.63) is 0 Å². The molecule has 13 atom stereocenters. The Hall–Kier alpha value is -0.160. The van der Waals surface area contributed by atoms with Crippen LogP contribution in [0.5, 0.6) is 0 Å². The number of fused-ring (bicyclic) bond motifs is 8. The largest absolute Gasteiger partial charge is 0.393 e. The van der Waals surface area contributed by atoms with E-state index in [0.717, 1.165) is 50.5 Å². The van der Waals surface area contributed by atoms with Crippen molar-refractivity contribution in [3.63, 3.8) is 0 Å². The summed E-state index contributed by atoms with van der Waals surface area (Å²) < 4.78 is 0. The van der Waals surface area contributed by atoms with Crippen molar-refractivity contribution in [3.8, 4) is 0 Å². The molecule has 2 saturated heterocycles. The second-order valence-electron chi connectivity index (χ2n) is 13.4. The summed E-state index contributed by atoms with van der Waals surface area (Å²) in [4.78, 5) is 2.68. The van der Waals surface area contributed by atoms with E-state index in [0.29, 0.717) is 35.6 Å². The van der Waals surface area contributed by atoms with E-state index in [1.165, 1.54) is 32.2 Å². The van der Waals surface area contributed by atoms with Crippen molar-refractivity contribution in [2.45, 2.75) is 102 Å². The summed E-state index contributed by atoms with van der Waals surface area (Å²) in [5.74, 6) is 4.89. The molecular formula is C27H45NO3. The van der Waals surface area contributed by atoms with Gasteiger partial charge in [0.05, 0.1) is 17.8 Å². The van der Waals surface area contributed by atoms with E-state index < -0.39 is 5.60 Å². The molecule has 0 aromatic rings. The molecule has 0 radical (unpaired) electrons. The molecule has 0 aromatic carbocycles. The average molecular weight is 432 g/mol. The molecule has 176 valence electrons. The maximum atomic E-state index is 11.8. The van der Waals surface area contributed by atoms with Gasteiger partial charge in [-0.3, -0.25) is 4.90 Å². The SMILES string of the molecule is C[C@H]1CC[C@@H]2N(C1)C[C@H]1[C@@H]3C[C@H]4[C@@H](C[C@@H](O)[C@H]5C[C@H](O)CC[C@@]54C)[C@@H]3CC[C@@H]1[C@]2(C)O. The quantitative estimate of drug-likeness (QED) is 0.547. The lowest BCUT2D eigenvalue weighted by molar-refractivity contribution is -0.176. The fraction of sp³-hybridized carbons (Fsp3) is 1.00. The van der Waals surface area contributed by atoms with Crippen LogP contribution in [0.1, 0.15) is 78.6 Å². The predicted octanol–water partition coefficient (Wildman–Crippen LogP) is 3.68. The Bertz CT molecular complexity index is 711. The molecule has 6 aliphatic rings. The van der Waals surface area contributed by atoms with Gasteiger partial charge < -0.3 is 15.3 Å². The third kappa shape index (κ3) is 3.00. The van der Waals surface area contributed by atoms with E-state index in [1.54, 1.807) is 0 Å². The normalized spacial score (nSPS) is 61.5. The molecule has 0 amide bonds. The van der Waals surface area contributed by atoms with Gasteiger partial charge in [0.2, 0.25) is 0 Å². The highest BCUT2D eigenvalue weighted by molar-refractivity contribution is 5.14. The van der Waals surface area contributed by atoms with E-state index in [9.17, 15) is 15.3 Å². The molecule has 0 spiro atoms. The summed E-state index contributed by atoms with van der Waals surface area (Å²) >= 11 is 0. The van der Waals surface area contributed by atoms with Gasteiger partial charge in [0, 0.05) is 19.1 Å². The van der Waals surface area contributed by atoms with Crippen molar-refractivity contribution < 1.29 is 15.3 Å². The van der Waals surface area contributed by atoms with E-state index in [-0.39, 0.29) is 23.5 Å². The van der Waals surface area contributed by atoms with Crippen molar-refractivity contribution in [2.24, 2.45) is 52.8 Å². The number of aliphatic hydroxyl groups excluding tert-OH is 2. The number of nitrogens with zero attached hydrogens (tertiary/aromatic N) is 1. The van der Waals surface area contributed by atoms with Crippen LogP contribution in [0.4, 0.5) is 0 Å². The van der Waals surface area contributed by atoms with Crippen LogP contribution in [-0.4, -0.2) is 57.2 Å². The van der Waals surface area contributed by atoms with Crippen LogP contribution in [-0.2, 0) is 0 Å².